The summed E-state index contributed by atoms with van der Waals surface area (Å²) in [7, 11) is -3.54. The summed E-state index contributed by atoms with van der Waals surface area (Å²) in [5.41, 5.74) is 1.39. The topological polar surface area (TPSA) is 62.6 Å². The molecule has 6 nitrogen and oxygen atoms in total. The zero-order valence-electron chi connectivity index (χ0n) is 15.2. The second kappa shape index (κ2) is 7.53. The zero-order chi connectivity index (χ0) is 18.7. The number of hydrogen-bond donors (Lipinski definition) is 0. The summed E-state index contributed by atoms with van der Waals surface area (Å²) in [5.74, 6) is -0.148. The monoisotopic (exact) mass is 375 g/mol. The summed E-state index contributed by atoms with van der Waals surface area (Å²) >= 11 is 0. The molecular formula is C19H25N3O3S. The first-order valence-electron chi connectivity index (χ1n) is 8.80. The van der Waals surface area contributed by atoms with Crippen molar-refractivity contribution in [3.63, 3.8) is 0 Å². The predicted octanol–water partition coefficient (Wildman–Crippen LogP) is 2.43. The number of likely N-dealkylation sites (tertiary alicyclic amines) is 1. The number of nitrogens with zero attached hydrogens (tertiary/aromatic N) is 3. The number of benzene rings is 1. The Kier molecular flexibility index (Phi) is 5.36. The minimum Gasteiger partial charge on any atom is -0.351 e. The molecule has 0 N–H and O–H groups in total. The van der Waals surface area contributed by atoms with Crippen LogP contribution in [0.15, 0.2) is 48.8 Å². The number of carbonyl (C=O) groups excluding carboxylic acids is 1. The lowest BCUT2D eigenvalue weighted by Gasteiger charge is -2.34. The van der Waals surface area contributed by atoms with Gasteiger partial charge < -0.3 is 9.47 Å². The fourth-order valence-corrected chi connectivity index (χ4v) is 4.36. The van der Waals surface area contributed by atoms with Gasteiger partial charge in [-0.3, -0.25) is 9.10 Å². The van der Waals surface area contributed by atoms with Crippen LogP contribution in [0.4, 0.5) is 5.69 Å². The fourth-order valence-electron chi connectivity index (χ4n) is 3.45. The van der Waals surface area contributed by atoms with Crippen LogP contribution in [0, 0.1) is 6.92 Å². The Labute approximate surface area is 155 Å². The third-order valence-corrected chi connectivity index (χ3v) is 6.06. The lowest BCUT2D eigenvalue weighted by molar-refractivity contribution is -0.130. The van der Waals surface area contributed by atoms with Crippen molar-refractivity contribution in [2.24, 2.45) is 0 Å². The van der Waals surface area contributed by atoms with Gasteiger partial charge in [-0.25, -0.2) is 8.42 Å². The molecule has 1 aliphatic heterocycles. The van der Waals surface area contributed by atoms with Crippen LogP contribution in [0.1, 0.15) is 24.4 Å². The van der Waals surface area contributed by atoms with Crippen LogP contribution >= 0.6 is 0 Å². The third-order valence-electron chi connectivity index (χ3n) is 4.93. The molecule has 26 heavy (non-hydrogen) atoms. The van der Waals surface area contributed by atoms with Crippen molar-refractivity contribution in [1.29, 1.82) is 0 Å². The average Bonchev–Trinajstić information content (AvgIpc) is 3.14. The largest absolute Gasteiger partial charge is 0.351 e. The molecular weight excluding hydrogens is 350 g/mol. The molecule has 0 radical (unpaired) electrons. The van der Waals surface area contributed by atoms with E-state index >= 15 is 0 Å². The van der Waals surface area contributed by atoms with Crippen LogP contribution in [0.5, 0.6) is 0 Å². The number of aromatic nitrogens is 1. The number of rotatable bonds is 5. The van der Waals surface area contributed by atoms with E-state index in [4.69, 9.17) is 0 Å². The molecule has 1 saturated heterocycles. The van der Waals surface area contributed by atoms with Gasteiger partial charge in [0.25, 0.3) is 0 Å². The number of sulfonamides is 1. The Morgan fingerprint density at radius 3 is 2.31 bits per heavy atom. The molecule has 1 aliphatic rings. The first-order chi connectivity index (χ1) is 12.4. The summed E-state index contributed by atoms with van der Waals surface area (Å²) in [5, 5.41) is 0. The van der Waals surface area contributed by atoms with Gasteiger partial charge in [-0.1, -0.05) is 18.2 Å². The first-order valence-corrected chi connectivity index (χ1v) is 10.6. The second-order valence-corrected chi connectivity index (χ2v) is 8.71. The molecule has 1 amide bonds. The van der Waals surface area contributed by atoms with E-state index in [0.717, 1.165) is 24.7 Å². The maximum atomic E-state index is 12.7. The molecule has 7 heteroatoms. The normalized spacial score (nSPS) is 15.8. The van der Waals surface area contributed by atoms with Gasteiger partial charge in [0, 0.05) is 31.5 Å². The molecule has 3 rings (SSSR count). The van der Waals surface area contributed by atoms with Crippen molar-refractivity contribution in [3.8, 4) is 0 Å². The molecule has 2 heterocycles. The maximum absolute atomic E-state index is 12.7. The van der Waals surface area contributed by atoms with Crippen LogP contribution < -0.4 is 4.31 Å². The highest BCUT2D eigenvalue weighted by Crippen LogP contribution is 2.25. The Morgan fingerprint density at radius 2 is 1.73 bits per heavy atom. The predicted molar refractivity (Wildman–Crippen MR) is 103 cm³/mol. The first kappa shape index (κ1) is 18.5. The van der Waals surface area contributed by atoms with Crippen LogP contribution in [0.2, 0.25) is 0 Å². The van der Waals surface area contributed by atoms with Gasteiger partial charge in [0.2, 0.25) is 15.9 Å². The van der Waals surface area contributed by atoms with Gasteiger partial charge in [0.1, 0.15) is 6.54 Å². The quantitative estimate of drug-likeness (QED) is 0.806. The summed E-state index contributed by atoms with van der Waals surface area (Å²) in [4.78, 5) is 14.5. The van der Waals surface area contributed by atoms with Crippen LogP contribution in [0.25, 0.3) is 0 Å². The van der Waals surface area contributed by atoms with Crippen LogP contribution in [0.3, 0.4) is 0 Å². The number of hydrogen-bond acceptors (Lipinski definition) is 3. The Bertz CT molecular complexity index is 854. The number of aryl methyl sites for hydroxylation is 1. The van der Waals surface area contributed by atoms with E-state index in [1.807, 2.05) is 43.6 Å². The minimum absolute atomic E-state index is 0.148. The van der Waals surface area contributed by atoms with E-state index in [1.165, 1.54) is 4.31 Å². The van der Waals surface area contributed by atoms with E-state index in [0.29, 0.717) is 24.8 Å². The molecule has 0 bridgehead atoms. The highest BCUT2D eigenvalue weighted by molar-refractivity contribution is 7.92. The molecule has 1 fully saturated rings. The smallest absolute Gasteiger partial charge is 0.243 e. The van der Waals surface area contributed by atoms with Crippen LogP contribution in [-0.4, -0.2) is 49.7 Å². The highest BCUT2D eigenvalue weighted by atomic mass is 32.2. The van der Waals surface area contributed by atoms with Gasteiger partial charge in [0.05, 0.1) is 11.9 Å². The number of para-hydroxylation sites is 1. The summed E-state index contributed by atoms with van der Waals surface area (Å²) in [6.45, 7) is 2.98. The second-order valence-electron chi connectivity index (χ2n) is 6.80. The van der Waals surface area contributed by atoms with Crippen molar-refractivity contribution >= 4 is 21.6 Å². The molecule has 2 aromatic rings. The molecule has 0 atom stereocenters. The van der Waals surface area contributed by atoms with E-state index < -0.39 is 10.0 Å². The Hall–Kier alpha value is -2.28. The Morgan fingerprint density at radius 1 is 1.12 bits per heavy atom. The zero-order valence-corrected chi connectivity index (χ0v) is 16.0. The molecule has 0 saturated carbocycles. The molecule has 0 aliphatic carbocycles. The highest BCUT2D eigenvalue weighted by Gasteiger charge is 2.28. The molecule has 0 spiro atoms. The SMILES string of the molecule is Cc1ccccc1N(CC(=O)N1CCC(n2cccc2)CC1)S(C)(=O)=O. The van der Waals surface area contributed by atoms with Gasteiger partial charge in [-0.2, -0.15) is 0 Å². The van der Waals surface area contributed by atoms with E-state index in [9.17, 15) is 13.2 Å². The molecule has 140 valence electrons. The van der Waals surface area contributed by atoms with E-state index in [2.05, 4.69) is 4.57 Å². The van der Waals surface area contributed by atoms with Gasteiger partial charge in [-0.15, -0.1) is 0 Å². The minimum atomic E-state index is -3.54. The van der Waals surface area contributed by atoms with Crippen molar-refractivity contribution < 1.29 is 13.2 Å². The van der Waals surface area contributed by atoms with Crippen molar-refractivity contribution in [2.75, 3.05) is 30.2 Å². The van der Waals surface area contributed by atoms with Gasteiger partial charge in [-0.05, 0) is 43.5 Å². The van der Waals surface area contributed by atoms with E-state index in [1.54, 1.807) is 17.0 Å². The summed E-state index contributed by atoms with van der Waals surface area (Å²) in [6.07, 6.45) is 7.00. The molecule has 1 aromatic carbocycles. The van der Waals surface area contributed by atoms with Gasteiger partial charge in [0.15, 0.2) is 0 Å². The number of piperidine rings is 1. The number of anilines is 1. The Balaban J connectivity index is 1.68. The van der Waals surface area contributed by atoms with Crippen molar-refractivity contribution in [1.82, 2.24) is 9.47 Å². The standard InChI is InChI=1S/C19H25N3O3S/c1-16-7-3-4-8-18(16)22(26(2,24)25)15-19(23)21-13-9-17(10-14-21)20-11-5-6-12-20/h3-8,11-12,17H,9-10,13-15H2,1-2H3. The van der Waals surface area contributed by atoms with Crippen LogP contribution in [-0.2, 0) is 14.8 Å². The lowest BCUT2D eigenvalue weighted by atomic mass is 10.0. The van der Waals surface area contributed by atoms with Crippen molar-refractivity contribution in [3.05, 3.63) is 54.4 Å². The number of carbonyl (C=O) groups is 1. The van der Waals surface area contributed by atoms with Crippen molar-refractivity contribution in [2.45, 2.75) is 25.8 Å². The lowest BCUT2D eigenvalue weighted by Crippen LogP contribution is -2.46. The van der Waals surface area contributed by atoms with Gasteiger partial charge >= 0.3 is 0 Å². The molecule has 1 aromatic heterocycles. The third kappa shape index (κ3) is 4.09. The fraction of sp³-hybridized carbons (Fsp3) is 0.421. The maximum Gasteiger partial charge on any atom is 0.243 e. The summed E-state index contributed by atoms with van der Waals surface area (Å²) < 4.78 is 27.9. The average molecular weight is 375 g/mol. The number of amides is 1. The summed E-state index contributed by atoms with van der Waals surface area (Å²) in [6, 6.07) is 11.6. The van der Waals surface area contributed by atoms with E-state index in [-0.39, 0.29) is 12.5 Å². The molecule has 0 unspecified atom stereocenters.